The van der Waals surface area contributed by atoms with Gasteiger partial charge in [0, 0.05) is 0 Å². The van der Waals surface area contributed by atoms with Gasteiger partial charge in [-0.05, 0) is 55.9 Å². The van der Waals surface area contributed by atoms with Crippen molar-refractivity contribution >= 4 is 0 Å². The van der Waals surface area contributed by atoms with Crippen LogP contribution in [0, 0.1) is 24.5 Å². The van der Waals surface area contributed by atoms with Crippen molar-refractivity contribution in [3.8, 4) is 11.5 Å². The van der Waals surface area contributed by atoms with Crippen LogP contribution in [-0.4, -0.2) is 11.6 Å². The number of ether oxygens (including phenoxy) is 2. The molecule has 0 amide bonds. The summed E-state index contributed by atoms with van der Waals surface area (Å²) in [6, 6.07) is 6.59. The molecule has 0 bridgehead atoms. The molecule has 1 aromatic carbocycles. The minimum absolute atomic E-state index is 0.0965. The van der Waals surface area contributed by atoms with Gasteiger partial charge in [0.25, 0.3) is 0 Å². The zero-order valence-corrected chi connectivity index (χ0v) is 13.9. The number of halogens is 2. The van der Waals surface area contributed by atoms with Gasteiger partial charge in [0.05, 0.1) is 18.5 Å². The smallest absolute Gasteiger partial charge is 0.200 e. The number of hydrogen-bond acceptors (Lipinski definition) is 3. The van der Waals surface area contributed by atoms with Crippen molar-refractivity contribution < 1.29 is 18.3 Å². The first-order valence-electron chi connectivity index (χ1n) is 8.28. The number of rotatable bonds is 7. The minimum Gasteiger partial charge on any atom is -0.492 e. The predicted molar refractivity (Wildman–Crippen MR) is 87.2 cm³/mol. The summed E-state index contributed by atoms with van der Waals surface area (Å²) in [4.78, 5) is 4.35. The van der Waals surface area contributed by atoms with Crippen molar-refractivity contribution in [2.24, 2.45) is 5.92 Å². The van der Waals surface area contributed by atoms with E-state index in [9.17, 15) is 8.78 Å². The van der Waals surface area contributed by atoms with Gasteiger partial charge in [-0.2, -0.15) is 4.39 Å². The van der Waals surface area contributed by atoms with Gasteiger partial charge in [0.1, 0.15) is 11.9 Å². The van der Waals surface area contributed by atoms with Crippen molar-refractivity contribution in [3.05, 3.63) is 53.4 Å². The fraction of sp³-hybridized carbons (Fsp3) is 0.421. The highest BCUT2D eigenvalue weighted by Crippen LogP contribution is 2.31. The molecule has 1 atom stereocenters. The van der Waals surface area contributed by atoms with Gasteiger partial charge in [-0.15, -0.1) is 0 Å². The second-order valence-corrected chi connectivity index (χ2v) is 6.20. The zero-order chi connectivity index (χ0) is 17.1. The standard InChI is InChI=1S/C19H21F2NO2/c1-3-16(24-17-9-4-12(2)18(20)19(17)21)15-8-7-14(10-22-15)23-11-13-5-6-13/h4,7-10,13,16H,3,5-6,11H2,1-2H3/t16-/m1/s1. The summed E-state index contributed by atoms with van der Waals surface area (Å²) in [5, 5.41) is 0. The van der Waals surface area contributed by atoms with Crippen LogP contribution in [0.4, 0.5) is 8.78 Å². The van der Waals surface area contributed by atoms with E-state index in [-0.39, 0.29) is 11.3 Å². The molecule has 0 aliphatic heterocycles. The van der Waals surface area contributed by atoms with E-state index in [1.165, 1.54) is 31.9 Å². The highest BCUT2D eigenvalue weighted by Gasteiger charge is 2.22. The van der Waals surface area contributed by atoms with Crippen molar-refractivity contribution in [2.75, 3.05) is 6.61 Å². The van der Waals surface area contributed by atoms with Gasteiger partial charge in [0.15, 0.2) is 11.6 Å². The Hall–Kier alpha value is -2.17. The van der Waals surface area contributed by atoms with Gasteiger partial charge < -0.3 is 9.47 Å². The molecule has 1 aromatic heterocycles. The molecule has 128 valence electrons. The third-order valence-electron chi connectivity index (χ3n) is 4.15. The van der Waals surface area contributed by atoms with Crippen LogP contribution in [0.3, 0.4) is 0 Å². The third-order valence-corrected chi connectivity index (χ3v) is 4.15. The predicted octanol–water partition coefficient (Wildman–Crippen LogP) is 4.99. The monoisotopic (exact) mass is 333 g/mol. The van der Waals surface area contributed by atoms with Crippen LogP contribution >= 0.6 is 0 Å². The molecule has 0 radical (unpaired) electrons. The maximum Gasteiger partial charge on any atom is 0.200 e. The second kappa shape index (κ2) is 7.16. The van der Waals surface area contributed by atoms with E-state index >= 15 is 0 Å². The lowest BCUT2D eigenvalue weighted by Gasteiger charge is -2.18. The Bertz CT molecular complexity index is 699. The Morgan fingerprint density at radius 2 is 1.96 bits per heavy atom. The molecule has 0 spiro atoms. The van der Waals surface area contributed by atoms with Crippen molar-refractivity contribution in [3.63, 3.8) is 0 Å². The maximum absolute atomic E-state index is 14.0. The van der Waals surface area contributed by atoms with E-state index in [1.807, 2.05) is 13.0 Å². The SMILES string of the molecule is CC[C@@H](Oc1ccc(C)c(F)c1F)c1ccc(OCC2CC2)cn1. The molecule has 0 N–H and O–H groups in total. The van der Waals surface area contributed by atoms with E-state index < -0.39 is 17.7 Å². The summed E-state index contributed by atoms with van der Waals surface area (Å²) in [6.07, 6.45) is 4.26. The van der Waals surface area contributed by atoms with Crippen LogP contribution in [-0.2, 0) is 0 Å². The molecule has 1 aliphatic carbocycles. The van der Waals surface area contributed by atoms with Gasteiger partial charge in [-0.3, -0.25) is 4.98 Å². The number of benzene rings is 1. The number of nitrogens with zero attached hydrogens (tertiary/aromatic N) is 1. The molecule has 0 unspecified atom stereocenters. The van der Waals surface area contributed by atoms with Gasteiger partial charge in [-0.25, -0.2) is 4.39 Å². The quantitative estimate of drug-likeness (QED) is 0.715. The lowest BCUT2D eigenvalue weighted by atomic mass is 10.1. The Kier molecular flexibility index (Phi) is 4.97. The highest BCUT2D eigenvalue weighted by atomic mass is 19.2. The van der Waals surface area contributed by atoms with Crippen LogP contribution < -0.4 is 9.47 Å². The van der Waals surface area contributed by atoms with Crippen LogP contribution in [0.5, 0.6) is 11.5 Å². The first-order valence-corrected chi connectivity index (χ1v) is 8.28. The summed E-state index contributed by atoms with van der Waals surface area (Å²) in [5.41, 5.74) is 0.917. The molecule has 3 nitrogen and oxygen atoms in total. The first kappa shape index (κ1) is 16.7. The first-order chi connectivity index (χ1) is 11.6. The van der Waals surface area contributed by atoms with Crippen LogP contribution in [0.15, 0.2) is 30.5 Å². The molecule has 1 fully saturated rings. The van der Waals surface area contributed by atoms with E-state index in [0.717, 1.165) is 6.61 Å². The normalized spacial score (nSPS) is 15.2. The summed E-state index contributed by atoms with van der Waals surface area (Å²) in [7, 11) is 0. The molecule has 1 heterocycles. The van der Waals surface area contributed by atoms with Crippen molar-refractivity contribution in [2.45, 2.75) is 39.2 Å². The molecule has 24 heavy (non-hydrogen) atoms. The largest absolute Gasteiger partial charge is 0.492 e. The number of pyridine rings is 1. The highest BCUT2D eigenvalue weighted by molar-refractivity contribution is 5.31. The van der Waals surface area contributed by atoms with E-state index in [1.54, 1.807) is 12.3 Å². The Labute approximate surface area is 140 Å². The van der Waals surface area contributed by atoms with Crippen molar-refractivity contribution in [1.82, 2.24) is 4.98 Å². The van der Waals surface area contributed by atoms with Crippen LogP contribution in [0.2, 0.25) is 0 Å². The Balaban J connectivity index is 1.70. The summed E-state index contributed by atoms with van der Waals surface area (Å²) in [5.74, 6) is -0.540. The van der Waals surface area contributed by atoms with Crippen LogP contribution in [0.25, 0.3) is 0 Å². The fourth-order valence-electron chi connectivity index (χ4n) is 2.39. The van der Waals surface area contributed by atoms with E-state index in [4.69, 9.17) is 9.47 Å². The molecule has 2 aromatic rings. The summed E-state index contributed by atoms with van der Waals surface area (Å²) in [6.45, 7) is 4.15. The number of hydrogen-bond donors (Lipinski definition) is 0. The Morgan fingerprint density at radius 3 is 2.58 bits per heavy atom. The summed E-state index contributed by atoms with van der Waals surface area (Å²) >= 11 is 0. The lowest BCUT2D eigenvalue weighted by molar-refractivity contribution is 0.185. The lowest BCUT2D eigenvalue weighted by Crippen LogP contribution is -2.10. The fourth-order valence-corrected chi connectivity index (χ4v) is 2.39. The van der Waals surface area contributed by atoms with Crippen molar-refractivity contribution in [1.29, 1.82) is 0 Å². The molecular formula is C19H21F2NO2. The van der Waals surface area contributed by atoms with Gasteiger partial charge in [-0.1, -0.05) is 13.0 Å². The topological polar surface area (TPSA) is 31.4 Å². The molecule has 3 rings (SSSR count). The molecule has 0 saturated heterocycles. The molecular weight excluding hydrogens is 312 g/mol. The molecule has 5 heteroatoms. The average Bonchev–Trinajstić information content (AvgIpc) is 3.42. The molecule has 1 aliphatic rings. The number of aryl methyl sites for hydroxylation is 1. The van der Waals surface area contributed by atoms with E-state index in [2.05, 4.69) is 4.98 Å². The number of aromatic nitrogens is 1. The maximum atomic E-state index is 14.0. The van der Waals surface area contributed by atoms with Gasteiger partial charge in [0.2, 0.25) is 5.82 Å². The molecule has 1 saturated carbocycles. The zero-order valence-electron chi connectivity index (χ0n) is 13.9. The van der Waals surface area contributed by atoms with E-state index in [0.29, 0.717) is 23.8 Å². The Morgan fingerprint density at radius 1 is 1.17 bits per heavy atom. The third kappa shape index (κ3) is 3.83. The average molecular weight is 333 g/mol. The minimum atomic E-state index is -0.960. The summed E-state index contributed by atoms with van der Waals surface area (Å²) < 4.78 is 38.9. The second-order valence-electron chi connectivity index (χ2n) is 6.20. The van der Waals surface area contributed by atoms with Crippen LogP contribution in [0.1, 0.15) is 43.5 Å². The van der Waals surface area contributed by atoms with Gasteiger partial charge >= 0.3 is 0 Å².